The molecule has 1 aromatic heterocycles. The van der Waals surface area contributed by atoms with Gasteiger partial charge in [-0.3, -0.25) is 28.8 Å². The SMILES string of the molecule is CC(C)C[C@H](NC(=O)[C@H](Cc1c[nH]c2ccccc12)NC(=O)[C@@H]1CCCN1C(=O)CNC(=O)[C@H](CCC(N)=O)NC(=O)[C@@H](N)CCCCN)C(=O)O. The summed E-state index contributed by atoms with van der Waals surface area (Å²) in [5.41, 5.74) is 18.3. The minimum Gasteiger partial charge on any atom is -0.480 e. The van der Waals surface area contributed by atoms with Gasteiger partial charge in [0.1, 0.15) is 24.2 Å². The van der Waals surface area contributed by atoms with Crippen molar-refractivity contribution in [2.45, 2.75) is 102 Å². The third-order valence-electron chi connectivity index (χ3n) is 8.96. The number of hydrogen-bond donors (Lipinski definition) is 9. The number of nitrogens with zero attached hydrogens (tertiary/aromatic N) is 1. The Balaban J connectivity index is 1.71. The van der Waals surface area contributed by atoms with E-state index in [4.69, 9.17) is 17.2 Å². The van der Waals surface area contributed by atoms with Gasteiger partial charge in [-0.25, -0.2) is 4.79 Å². The highest BCUT2D eigenvalue weighted by atomic mass is 16.4. The Labute approximate surface area is 302 Å². The molecule has 1 saturated heterocycles. The number of primary amides is 1. The molecule has 3 rings (SSSR count). The zero-order valence-electron chi connectivity index (χ0n) is 29.8. The van der Waals surface area contributed by atoms with Crippen molar-refractivity contribution < 1.29 is 38.7 Å². The summed E-state index contributed by atoms with van der Waals surface area (Å²) in [6.07, 6.45) is 4.01. The van der Waals surface area contributed by atoms with Crippen LogP contribution in [0, 0.1) is 5.92 Å². The van der Waals surface area contributed by atoms with Crippen LogP contribution >= 0.6 is 0 Å². The minimum atomic E-state index is -1.20. The summed E-state index contributed by atoms with van der Waals surface area (Å²) >= 11 is 0. The highest BCUT2D eigenvalue weighted by molar-refractivity contribution is 5.96. The first kappa shape index (κ1) is 41.4. The van der Waals surface area contributed by atoms with Crippen LogP contribution in [-0.2, 0) is 40.0 Å². The van der Waals surface area contributed by atoms with Gasteiger partial charge in [0.15, 0.2) is 0 Å². The number of H-pyrrole nitrogens is 1. The van der Waals surface area contributed by atoms with Crippen molar-refractivity contribution in [3.8, 4) is 0 Å². The molecule has 0 saturated carbocycles. The number of hydrogen-bond acceptors (Lipinski definition) is 9. The van der Waals surface area contributed by atoms with Gasteiger partial charge in [-0.05, 0) is 62.6 Å². The maximum absolute atomic E-state index is 13.7. The van der Waals surface area contributed by atoms with Gasteiger partial charge in [0, 0.05) is 36.5 Å². The molecule has 1 aromatic carbocycles. The molecule has 2 aromatic rings. The molecule has 0 radical (unpaired) electrons. The van der Waals surface area contributed by atoms with E-state index >= 15 is 0 Å². The fourth-order valence-electron chi connectivity index (χ4n) is 6.16. The summed E-state index contributed by atoms with van der Waals surface area (Å²) in [5, 5.41) is 20.9. The lowest BCUT2D eigenvalue weighted by molar-refractivity contribution is -0.143. The van der Waals surface area contributed by atoms with E-state index in [1.165, 1.54) is 4.90 Å². The van der Waals surface area contributed by atoms with Gasteiger partial charge in [0.05, 0.1) is 12.6 Å². The molecule has 17 nitrogen and oxygen atoms in total. The molecule has 0 bridgehead atoms. The number of aromatic nitrogens is 1. The van der Waals surface area contributed by atoms with Crippen molar-refractivity contribution >= 4 is 52.3 Å². The first-order valence-electron chi connectivity index (χ1n) is 17.7. The number of carboxylic acid groups (broad SMARTS) is 1. The third kappa shape index (κ3) is 12.3. The van der Waals surface area contributed by atoms with Crippen molar-refractivity contribution in [1.29, 1.82) is 0 Å². The van der Waals surface area contributed by atoms with E-state index in [1.807, 2.05) is 38.1 Å². The molecule has 12 N–H and O–H groups in total. The number of carbonyl (C=O) groups is 7. The van der Waals surface area contributed by atoms with E-state index in [1.54, 1.807) is 6.20 Å². The summed E-state index contributed by atoms with van der Waals surface area (Å²) < 4.78 is 0. The minimum absolute atomic E-state index is 0.0274. The van der Waals surface area contributed by atoms with E-state index in [0.29, 0.717) is 32.2 Å². The molecule has 17 heteroatoms. The standard InChI is InChI=1S/C35H53N9O8/c1-20(2)16-27(35(51)52)43-33(49)26(17-21-18-39-24-10-4-3-8-22(21)24)42-34(50)28-11-7-15-44(28)30(46)19-40-32(48)25(12-13-29(38)45)41-31(47)23(37)9-5-6-14-36/h3-4,8,10,18,20,23,25-28,39H,5-7,9,11-17,19,36-37H2,1-2H3,(H2,38,45)(H,40,48)(H,41,47)(H,42,50)(H,43,49)(H,51,52)/t23-,25-,26-,27-,28-/m0/s1. The number of nitrogens with two attached hydrogens (primary N) is 3. The molecule has 1 aliphatic rings. The number of carbonyl (C=O) groups excluding carboxylic acids is 6. The van der Waals surface area contributed by atoms with Gasteiger partial charge in [0.25, 0.3) is 0 Å². The number of likely N-dealkylation sites (tertiary alicyclic amines) is 1. The number of para-hydroxylation sites is 1. The zero-order chi connectivity index (χ0) is 38.4. The highest BCUT2D eigenvalue weighted by Crippen LogP contribution is 2.21. The average Bonchev–Trinajstić information content (AvgIpc) is 3.76. The Morgan fingerprint density at radius 2 is 1.65 bits per heavy atom. The topological polar surface area (TPSA) is 285 Å². The number of unbranched alkanes of at least 4 members (excludes halogenated alkanes) is 1. The first-order chi connectivity index (χ1) is 24.7. The molecule has 2 heterocycles. The smallest absolute Gasteiger partial charge is 0.326 e. The molecule has 1 fully saturated rings. The van der Waals surface area contributed by atoms with Crippen LogP contribution in [0.1, 0.15) is 70.8 Å². The monoisotopic (exact) mass is 727 g/mol. The molecule has 6 amide bonds. The van der Waals surface area contributed by atoms with Gasteiger partial charge in [-0.1, -0.05) is 38.5 Å². The van der Waals surface area contributed by atoms with Crippen LogP contribution in [0.15, 0.2) is 30.5 Å². The number of carboxylic acids is 1. The van der Waals surface area contributed by atoms with E-state index in [2.05, 4.69) is 26.3 Å². The molecule has 5 atom stereocenters. The van der Waals surface area contributed by atoms with Crippen LogP contribution in [0.2, 0.25) is 0 Å². The Morgan fingerprint density at radius 3 is 2.33 bits per heavy atom. The van der Waals surface area contributed by atoms with Crippen LogP contribution in [0.4, 0.5) is 0 Å². The largest absolute Gasteiger partial charge is 0.480 e. The van der Waals surface area contributed by atoms with Gasteiger partial charge in [-0.15, -0.1) is 0 Å². The number of benzene rings is 1. The van der Waals surface area contributed by atoms with E-state index < -0.39 is 78.2 Å². The summed E-state index contributed by atoms with van der Waals surface area (Å²) in [6, 6.07) is 2.00. The maximum Gasteiger partial charge on any atom is 0.326 e. The maximum atomic E-state index is 13.7. The van der Waals surface area contributed by atoms with Gasteiger partial charge >= 0.3 is 5.97 Å². The summed E-state index contributed by atoms with van der Waals surface area (Å²) in [6.45, 7) is 3.81. The van der Waals surface area contributed by atoms with Crippen molar-refractivity contribution in [2.75, 3.05) is 19.6 Å². The van der Waals surface area contributed by atoms with Crippen molar-refractivity contribution in [3.05, 3.63) is 36.0 Å². The van der Waals surface area contributed by atoms with Crippen LogP contribution < -0.4 is 38.5 Å². The van der Waals surface area contributed by atoms with Crippen LogP contribution in [-0.4, -0.2) is 106 Å². The van der Waals surface area contributed by atoms with Crippen molar-refractivity contribution in [2.24, 2.45) is 23.1 Å². The molecule has 52 heavy (non-hydrogen) atoms. The number of amides is 6. The Morgan fingerprint density at radius 1 is 0.942 bits per heavy atom. The van der Waals surface area contributed by atoms with Gasteiger partial charge < -0.3 is 53.5 Å². The molecule has 0 spiro atoms. The number of aliphatic carboxylic acids is 1. The number of fused-ring (bicyclic) bond motifs is 1. The molecule has 1 aliphatic heterocycles. The Bertz CT molecular complexity index is 1580. The fraction of sp³-hybridized carbons (Fsp3) is 0.571. The van der Waals surface area contributed by atoms with E-state index in [0.717, 1.165) is 16.5 Å². The van der Waals surface area contributed by atoms with E-state index in [9.17, 15) is 38.7 Å². The van der Waals surface area contributed by atoms with Gasteiger partial charge in [0.2, 0.25) is 35.4 Å². The number of rotatable bonds is 21. The number of nitrogens with one attached hydrogen (secondary N) is 5. The van der Waals surface area contributed by atoms with E-state index in [-0.39, 0.29) is 44.6 Å². The van der Waals surface area contributed by atoms with Crippen LogP contribution in [0.5, 0.6) is 0 Å². The third-order valence-corrected chi connectivity index (χ3v) is 8.96. The van der Waals surface area contributed by atoms with Crippen LogP contribution in [0.3, 0.4) is 0 Å². The average molecular weight is 728 g/mol. The second kappa shape index (κ2) is 20.1. The van der Waals surface area contributed by atoms with Crippen LogP contribution in [0.25, 0.3) is 10.9 Å². The second-order valence-electron chi connectivity index (χ2n) is 13.6. The predicted octanol–water partition coefficient (Wildman–Crippen LogP) is -0.875. The lowest BCUT2D eigenvalue weighted by Crippen LogP contribution is -2.57. The molecule has 0 aliphatic carbocycles. The number of aromatic amines is 1. The normalized spacial score (nSPS) is 16.5. The van der Waals surface area contributed by atoms with Gasteiger partial charge in [-0.2, -0.15) is 0 Å². The molecular formula is C35H53N9O8. The van der Waals surface area contributed by atoms with Crippen molar-refractivity contribution in [1.82, 2.24) is 31.2 Å². The van der Waals surface area contributed by atoms with Crippen molar-refractivity contribution in [3.63, 3.8) is 0 Å². The second-order valence-corrected chi connectivity index (χ2v) is 13.6. The summed E-state index contributed by atoms with van der Waals surface area (Å²) in [5.74, 6) is -5.12. The molecule has 286 valence electrons. The highest BCUT2D eigenvalue weighted by Gasteiger charge is 2.37. The quantitative estimate of drug-likeness (QED) is 0.0716. The molecule has 0 unspecified atom stereocenters. The predicted molar refractivity (Wildman–Crippen MR) is 192 cm³/mol. The lowest BCUT2D eigenvalue weighted by Gasteiger charge is -2.27. The summed E-state index contributed by atoms with van der Waals surface area (Å²) in [7, 11) is 0. The lowest BCUT2D eigenvalue weighted by atomic mass is 10.0. The summed E-state index contributed by atoms with van der Waals surface area (Å²) in [4.78, 5) is 94.3. The Kier molecular flexibility index (Phi) is 16.0. The zero-order valence-corrected chi connectivity index (χ0v) is 29.8. The fourth-order valence-corrected chi connectivity index (χ4v) is 6.16. The molecular weight excluding hydrogens is 674 g/mol. The Hall–Kier alpha value is -5.03. The first-order valence-corrected chi connectivity index (χ1v) is 17.7.